The van der Waals surface area contributed by atoms with E-state index in [0.29, 0.717) is 19.4 Å². The number of piperidine rings is 1. The van der Waals surface area contributed by atoms with Crippen LogP contribution in [0.15, 0.2) is 47.6 Å². The number of sulfonamides is 1. The minimum Gasteiger partial charge on any atom is -0.495 e. The van der Waals surface area contributed by atoms with Gasteiger partial charge in [-0.1, -0.05) is 0 Å². The molecule has 0 aliphatic carbocycles. The SMILES string of the molecule is COc1ccc(F)cc1S(=O)(=O)N1CCCC(C(=O)NCc2ccncc2)C1. The summed E-state index contributed by atoms with van der Waals surface area (Å²) in [7, 11) is -2.65. The third-order valence-corrected chi connectivity index (χ3v) is 6.60. The number of hydrogen-bond donors (Lipinski definition) is 1. The minimum absolute atomic E-state index is 0.0458. The summed E-state index contributed by atoms with van der Waals surface area (Å²) in [4.78, 5) is 16.2. The van der Waals surface area contributed by atoms with Crippen molar-refractivity contribution in [1.82, 2.24) is 14.6 Å². The summed E-state index contributed by atoms with van der Waals surface area (Å²) in [5.74, 6) is -1.26. The third kappa shape index (κ3) is 4.48. The molecule has 1 aromatic carbocycles. The van der Waals surface area contributed by atoms with E-state index in [-0.39, 0.29) is 29.6 Å². The van der Waals surface area contributed by atoms with Gasteiger partial charge in [-0.05, 0) is 48.7 Å². The molecule has 2 aromatic rings. The molecule has 1 unspecified atom stereocenters. The Labute approximate surface area is 163 Å². The number of hydrogen-bond acceptors (Lipinski definition) is 5. The number of methoxy groups -OCH3 is 1. The summed E-state index contributed by atoms with van der Waals surface area (Å²) in [5.41, 5.74) is 0.910. The molecule has 9 heteroatoms. The number of carbonyl (C=O) groups excluding carboxylic acids is 1. The van der Waals surface area contributed by atoms with Gasteiger partial charge < -0.3 is 10.1 Å². The molecule has 0 spiro atoms. The maximum atomic E-state index is 13.6. The Morgan fingerprint density at radius 3 is 2.79 bits per heavy atom. The standard InChI is InChI=1S/C19H22FN3O4S/c1-27-17-5-4-16(20)11-18(17)28(25,26)23-10-2-3-15(13-23)19(24)22-12-14-6-8-21-9-7-14/h4-9,11,15H,2-3,10,12-13H2,1H3,(H,22,24). The molecule has 2 heterocycles. The number of halogens is 1. The van der Waals surface area contributed by atoms with Crippen LogP contribution in [-0.4, -0.2) is 43.8 Å². The van der Waals surface area contributed by atoms with Crippen molar-refractivity contribution in [3.63, 3.8) is 0 Å². The monoisotopic (exact) mass is 407 g/mol. The van der Waals surface area contributed by atoms with E-state index in [4.69, 9.17) is 4.74 Å². The second kappa shape index (κ2) is 8.66. The zero-order valence-corrected chi connectivity index (χ0v) is 16.3. The first kappa shape index (κ1) is 20.2. The Kier molecular flexibility index (Phi) is 6.25. The van der Waals surface area contributed by atoms with Crippen LogP contribution < -0.4 is 10.1 Å². The van der Waals surface area contributed by atoms with E-state index in [0.717, 1.165) is 17.7 Å². The highest BCUT2D eigenvalue weighted by Crippen LogP contribution is 2.30. The molecule has 150 valence electrons. The van der Waals surface area contributed by atoms with Crippen LogP contribution in [0.2, 0.25) is 0 Å². The number of rotatable bonds is 6. The highest BCUT2D eigenvalue weighted by atomic mass is 32.2. The number of ether oxygens (including phenoxy) is 1. The Morgan fingerprint density at radius 1 is 1.32 bits per heavy atom. The van der Waals surface area contributed by atoms with E-state index in [9.17, 15) is 17.6 Å². The molecule has 0 radical (unpaired) electrons. The molecule has 3 rings (SSSR count). The summed E-state index contributed by atoms with van der Waals surface area (Å²) in [5, 5.41) is 2.84. The topological polar surface area (TPSA) is 88.6 Å². The first-order valence-corrected chi connectivity index (χ1v) is 10.4. The van der Waals surface area contributed by atoms with Crippen molar-refractivity contribution in [2.45, 2.75) is 24.3 Å². The van der Waals surface area contributed by atoms with Gasteiger partial charge in [-0.3, -0.25) is 9.78 Å². The average Bonchev–Trinajstić information content (AvgIpc) is 2.72. The molecule has 1 atom stereocenters. The summed E-state index contributed by atoms with van der Waals surface area (Å²) >= 11 is 0. The van der Waals surface area contributed by atoms with Gasteiger partial charge in [0, 0.05) is 32.0 Å². The molecule has 1 N–H and O–H groups in total. The van der Waals surface area contributed by atoms with Crippen molar-refractivity contribution in [3.05, 3.63) is 54.1 Å². The van der Waals surface area contributed by atoms with Crippen LogP contribution in [0.5, 0.6) is 5.75 Å². The first-order valence-electron chi connectivity index (χ1n) is 8.92. The van der Waals surface area contributed by atoms with Gasteiger partial charge in [-0.15, -0.1) is 0 Å². The van der Waals surface area contributed by atoms with Gasteiger partial charge in [-0.2, -0.15) is 4.31 Å². The fourth-order valence-electron chi connectivity index (χ4n) is 3.20. The lowest BCUT2D eigenvalue weighted by atomic mass is 9.99. The predicted octanol–water partition coefficient (Wildman–Crippen LogP) is 1.95. The lowest BCUT2D eigenvalue weighted by Gasteiger charge is -2.31. The number of pyridine rings is 1. The molecule has 1 amide bonds. The number of amides is 1. The summed E-state index contributed by atoms with van der Waals surface area (Å²) in [6.07, 6.45) is 4.42. The second-order valence-corrected chi connectivity index (χ2v) is 8.48. The molecule has 28 heavy (non-hydrogen) atoms. The fraction of sp³-hybridized carbons (Fsp3) is 0.368. The number of aromatic nitrogens is 1. The largest absolute Gasteiger partial charge is 0.495 e. The Morgan fingerprint density at radius 2 is 2.07 bits per heavy atom. The highest BCUT2D eigenvalue weighted by Gasteiger charge is 2.35. The van der Waals surface area contributed by atoms with Gasteiger partial charge in [0.15, 0.2) is 0 Å². The molecule has 7 nitrogen and oxygen atoms in total. The Hall–Kier alpha value is -2.52. The Bertz CT molecular complexity index is 937. The normalized spacial score (nSPS) is 17.9. The molecule has 1 fully saturated rings. The molecule has 0 bridgehead atoms. The van der Waals surface area contributed by atoms with Crippen molar-refractivity contribution in [1.29, 1.82) is 0 Å². The third-order valence-electron chi connectivity index (χ3n) is 4.71. The zero-order chi connectivity index (χ0) is 20.1. The van der Waals surface area contributed by atoms with Gasteiger partial charge >= 0.3 is 0 Å². The molecular formula is C19H22FN3O4S. The van der Waals surface area contributed by atoms with E-state index in [2.05, 4.69) is 10.3 Å². The molecule has 1 aliphatic heterocycles. The summed E-state index contributed by atoms with van der Waals surface area (Å²) in [6, 6.07) is 6.97. The highest BCUT2D eigenvalue weighted by molar-refractivity contribution is 7.89. The van der Waals surface area contributed by atoms with Gasteiger partial charge in [0.25, 0.3) is 0 Å². The number of carbonyl (C=O) groups is 1. The van der Waals surface area contributed by atoms with E-state index in [1.54, 1.807) is 24.5 Å². The van der Waals surface area contributed by atoms with Crippen LogP contribution in [-0.2, 0) is 21.4 Å². The molecule has 1 aliphatic rings. The van der Waals surface area contributed by atoms with Gasteiger partial charge in [0.2, 0.25) is 15.9 Å². The second-order valence-electron chi connectivity index (χ2n) is 6.57. The minimum atomic E-state index is -3.98. The molecule has 0 saturated carbocycles. The van der Waals surface area contributed by atoms with E-state index < -0.39 is 21.8 Å². The lowest BCUT2D eigenvalue weighted by Crippen LogP contribution is -2.45. The summed E-state index contributed by atoms with van der Waals surface area (Å²) < 4.78 is 46.0. The van der Waals surface area contributed by atoms with E-state index in [1.165, 1.54) is 17.5 Å². The van der Waals surface area contributed by atoms with Gasteiger partial charge in [0.1, 0.15) is 16.5 Å². The van der Waals surface area contributed by atoms with Crippen LogP contribution in [0.25, 0.3) is 0 Å². The lowest BCUT2D eigenvalue weighted by molar-refractivity contribution is -0.126. The predicted molar refractivity (Wildman–Crippen MR) is 101 cm³/mol. The number of nitrogens with one attached hydrogen (secondary N) is 1. The van der Waals surface area contributed by atoms with Crippen LogP contribution in [0.1, 0.15) is 18.4 Å². The Balaban J connectivity index is 1.72. The molecular weight excluding hydrogens is 385 g/mol. The molecule has 1 saturated heterocycles. The smallest absolute Gasteiger partial charge is 0.246 e. The van der Waals surface area contributed by atoms with Gasteiger partial charge in [-0.25, -0.2) is 12.8 Å². The van der Waals surface area contributed by atoms with Crippen molar-refractivity contribution < 1.29 is 22.3 Å². The quantitative estimate of drug-likeness (QED) is 0.791. The van der Waals surface area contributed by atoms with Crippen LogP contribution >= 0.6 is 0 Å². The van der Waals surface area contributed by atoms with Crippen molar-refractivity contribution in [3.8, 4) is 5.75 Å². The van der Waals surface area contributed by atoms with Crippen molar-refractivity contribution >= 4 is 15.9 Å². The van der Waals surface area contributed by atoms with Gasteiger partial charge in [0.05, 0.1) is 13.0 Å². The van der Waals surface area contributed by atoms with Crippen LogP contribution in [0, 0.1) is 11.7 Å². The maximum Gasteiger partial charge on any atom is 0.246 e. The number of benzene rings is 1. The van der Waals surface area contributed by atoms with Crippen molar-refractivity contribution in [2.24, 2.45) is 5.92 Å². The number of nitrogens with zero attached hydrogens (tertiary/aromatic N) is 2. The first-order chi connectivity index (χ1) is 13.4. The van der Waals surface area contributed by atoms with E-state index >= 15 is 0 Å². The van der Waals surface area contributed by atoms with Crippen LogP contribution in [0.4, 0.5) is 4.39 Å². The molecule has 1 aromatic heterocycles. The maximum absolute atomic E-state index is 13.6. The fourth-order valence-corrected chi connectivity index (χ4v) is 4.89. The summed E-state index contributed by atoms with van der Waals surface area (Å²) in [6.45, 7) is 0.669. The van der Waals surface area contributed by atoms with Crippen LogP contribution in [0.3, 0.4) is 0 Å². The average molecular weight is 407 g/mol. The zero-order valence-electron chi connectivity index (χ0n) is 15.5. The van der Waals surface area contributed by atoms with Crippen molar-refractivity contribution in [2.75, 3.05) is 20.2 Å². The van der Waals surface area contributed by atoms with E-state index in [1.807, 2.05) is 0 Å².